The van der Waals surface area contributed by atoms with Crippen LogP contribution in [0.3, 0.4) is 0 Å². The van der Waals surface area contributed by atoms with E-state index >= 15 is 0 Å². The van der Waals surface area contributed by atoms with E-state index in [1.54, 1.807) is 0 Å². The lowest BCUT2D eigenvalue weighted by atomic mass is 10.0. The average molecular weight is 439 g/mol. The molecule has 0 spiro atoms. The molecule has 1 unspecified atom stereocenters. The molecule has 0 aliphatic carbocycles. The SMILES string of the molecule is CCC(C)(C)n1nnnc1CN(Cc1cc2c(C)cc(C)cc2[nH]c1=O)CC1CCCO1. The molecular formula is C24H34N6O2. The van der Waals surface area contributed by atoms with Gasteiger partial charge in [0.05, 0.1) is 18.2 Å². The van der Waals surface area contributed by atoms with Crippen molar-refractivity contribution in [2.24, 2.45) is 0 Å². The minimum atomic E-state index is -0.177. The molecular weight excluding hydrogens is 404 g/mol. The maximum atomic E-state index is 12.9. The molecule has 1 fully saturated rings. The fourth-order valence-corrected chi connectivity index (χ4v) is 4.46. The van der Waals surface area contributed by atoms with Gasteiger partial charge in [0.15, 0.2) is 5.82 Å². The predicted octanol–water partition coefficient (Wildman–Crippen LogP) is 3.46. The van der Waals surface area contributed by atoms with Crippen molar-refractivity contribution >= 4 is 10.9 Å². The first-order valence-electron chi connectivity index (χ1n) is 11.5. The van der Waals surface area contributed by atoms with Gasteiger partial charge in [-0.15, -0.1) is 5.10 Å². The van der Waals surface area contributed by atoms with E-state index < -0.39 is 0 Å². The zero-order chi connectivity index (χ0) is 22.9. The highest BCUT2D eigenvalue weighted by molar-refractivity contribution is 5.83. The van der Waals surface area contributed by atoms with Crippen molar-refractivity contribution in [2.45, 2.75) is 78.6 Å². The second kappa shape index (κ2) is 9.11. The number of tetrazole rings is 1. The third-order valence-electron chi connectivity index (χ3n) is 6.61. The number of H-pyrrole nitrogens is 1. The van der Waals surface area contributed by atoms with Crippen molar-refractivity contribution in [3.63, 3.8) is 0 Å². The van der Waals surface area contributed by atoms with E-state index in [1.165, 1.54) is 0 Å². The number of aryl methyl sites for hydroxylation is 2. The number of fused-ring (bicyclic) bond motifs is 1. The van der Waals surface area contributed by atoms with Crippen LogP contribution in [0.5, 0.6) is 0 Å². The van der Waals surface area contributed by atoms with Crippen molar-refractivity contribution in [2.75, 3.05) is 13.2 Å². The maximum Gasteiger partial charge on any atom is 0.252 e. The Hall–Kier alpha value is -2.58. The van der Waals surface area contributed by atoms with Gasteiger partial charge < -0.3 is 9.72 Å². The van der Waals surface area contributed by atoms with Gasteiger partial charge in [-0.2, -0.15) is 0 Å². The Bertz CT molecular complexity index is 1140. The summed E-state index contributed by atoms with van der Waals surface area (Å²) in [4.78, 5) is 18.3. The number of nitrogens with zero attached hydrogens (tertiary/aromatic N) is 5. The first-order valence-corrected chi connectivity index (χ1v) is 11.5. The molecule has 2 aromatic heterocycles. The summed E-state index contributed by atoms with van der Waals surface area (Å²) in [6.07, 6.45) is 3.20. The molecule has 0 bridgehead atoms. The number of hydrogen-bond acceptors (Lipinski definition) is 6. The molecule has 172 valence electrons. The molecule has 4 rings (SSSR count). The number of ether oxygens (including phenoxy) is 1. The highest BCUT2D eigenvalue weighted by Crippen LogP contribution is 2.23. The van der Waals surface area contributed by atoms with E-state index in [4.69, 9.17) is 4.74 Å². The van der Waals surface area contributed by atoms with Crippen LogP contribution in [0.4, 0.5) is 0 Å². The quantitative estimate of drug-likeness (QED) is 0.579. The van der Waals surface area contributed by atoms with Gasteiger partial charge in [-0.25, -0.2) is 4.68 Å². The second-order valence-corrected chi connectivity index (χ2v) is 9.64. The summed E-state index contributed by atoms with van der Waals surface area (Å²) in [7, 11) is 0. The van der Waals surface area contributed by atoms with Gasteiger partial charge in [-0.05, 0) is 80.6 Å². The van der Waals surface area contributed by atoms with Gasteiger partial charge in [-0.1, -0.05) is 13.0 Å². The van der Waals surface area contributed by atoms with E-state index in [-0.39, 0.29) is 17.2 Å². The molecule has 8 heteroatoms. The van der Waals surface area contributed by atoms with E-state index in [2.05, 4.69) is 59.2 Å². The highest BCUT2D eigenvalue weighted by atomic mass is 16.5. The number of aromatic amines is 1. The molecule has 0 amide bonds. The number of hydrogen-bond donors (Lipinski definition) is 1. The summed E-state index contributed by atoms with van der Waals surface area (Å²) in [6.45, 7) is 13.1. The Balaban J connectivity index is 1.65. The standard InChI is InChI=1S/C24H34N6O2/c1-6-24(4,5)30-22(26-27-28-30)15-29(14-19-8-7-9-32-19)13-18-12-20-17(3)10-16(2)11-21(20)25-23(18)31/h10-12,19H,6-9,13-15H2,1-5H3,(H,25,31). The fraction of sp³-hybridized carbons (Fsp3) is 0.583. The highest BCUT2D eigenvalue weighted by Gasteiger charge is 2.26. The summed E-state index contributed by atoms with van der Waals surface area (Å²) >= 11 is 0. The normalized spacial score (nSPS) is 17.0. The van der Waals surface area contributed by atoms with E-state index in [1.807, 2.05) is 23.7 Å². The molecule has 1 aliphatic heterocycles. The van der Waals surface area contributed by atoms with E-state index in [0.717, 1.165) is 65.8 Å². The Labute approximate surface area is 189 Å². The van der Waals surface area contributed by atoms with E-state index in [9.17, 15) is 4.79 Å². The summed E-state index contributed by atoms with van der Waals surface area (Å²) in [5.41, 5.74) is 3.71. The number of pyridine rings is 1. The number of nitrogens with one attached hydrogen (secondary N) is 1. The molecule has 3 heterocycles. The Morgan fingerprint density at radius 1 is 1.25 bits per heavy atom. The third kappa shape index (κ3) is 4.76. The lowest BCUT2D eigenvalue weighted by Gasteiger charge is -2.28. The minimum Gasteiger partial charge on any atom is -0.377 e. The fourth-order valence-electron chi connectivity index (χ4n) is 4.46. The molecule has 1 aliphatic rings. The Kier molecular flexibility index (Phi) is 6.44. The summed E-state index contributed by atoms with van der Waals surface area (Å²) in [5.74, 6) is 0.805. The van der Waals surface area contributed by atoms with Crippen molar-refractivity contribution in [1.29, 1.82) is 0 Å². The van der Waals surface area contributed by atoms with Crippen LogP contribution in [0, 0.1) is 13.8 Å². The summed E-state index contributed by atoms with van der Waals surface area (Å²) in [5, 5.41) is 13.6. The van der Waals surface area contributed by atoms with Crippen LogP contribution >= 0.6 is 0 Å². The summed E-state index contributed by atoms with van der Waals surface area (Å²) < 4.78 is 7.82. The van der Waals surface area contributed by atoms with Gasteiger partial charge >= 0.3 is 0 Å². The molecule has 0 saturated carbocycles. The number of aromatic nitrogens is 5. The molecule has 8 nitrogen and oxygen atoms in total. The van der Waals surface area contributed by atoms with Crippen molar-refractivity contribution in [3.8, 4) is 0 Å². The van der Waals surface area contributed by atoms with Crippen LogP contribution in [0.25, 0.3) is 10.9 Å². The Morgan fingerprint density at radius 2 is 2.06 bits per heavy atom. The van der Waals surface area contributed by atoms with Crippen LogP contribution in [0.2, 0.25) is 0 Å². The van der Waals surface area contributed by atoms with Crippen LogP contribution in [-0.2, 0) is 23.4 Å². The van der Waals surface area contributed by atoms with Gasteiger partial charge in [0, 0.05) is 36.2 Å². The van der Waals surface area contributed by atoms with Crippen molar-refractivity contribution < 1.29 is 4.74 Å². The molecule has 1 atom stereocenters. The van der Waals surface area contributed by atoms with Crippen LogP contribution in [-0.4, -0.2) is 49.3 Å². The largest absolute Gasteiger partial charge is 0.377 e. The zero-order valence-corrected chi connectivity index (χ0v) is 19.8. The summed E-state index contributed by atoms with van der Waals surface area (Å²) in [6, 6.07) is 6.21. The van der Waals surface area contributed by atoms with Crippen LogP contribution in [0.1, 0.15) is 62.5 Å². The first-order chi connectivity index (χ1) is 15.3. The van der Waals surface area contributed by atoms with Crippen molar-refractivity contribution in [3.05, 3.63) is 51.1 Å². The second-order valence-electron chi connectivity index (χ2n) is 9.64. The molecule has 1 N–H and O–H groups in total. The lowest BCUT2D eigenvalue weighted by molar-refractivity contribution is 0.0655. The molecule has 32 heavy (non-hydrogen) atoms. The van der Waals surface area contributed by atoms with Crippen molar-refractivity contribution in [1.82, 2.24) is 30.1 Å². The lowest BCUT2D eigenvalue weighted by Crippen LogP contribution is -2.36. The van der Waals surface area contributed by atoms with Crippen LogP contribution < -0.4 is 5.56 Å². The van der Waals surface area contributed by atoms with Gasteiger partial charge in [0.1, 0.15) is 0 Å². The molecule has 3 aromatic rings. The smallest absolute Gasteiger partial charge is 0.252 e. The number of rotatable bonds is 8. The first kappa shape index (κ1) is 22.6. The van der Waals surface area contributed by atoms with Gasteiger partial charge in [0.25, 0.3) is 5.56 Å². The monoisotopic (exact) mass is 438 g/mol. The topological polar surface area (TPSA) is 88.9 Å². The zero-order valence-electron chi connectivity index (χ0n) is 19.8. The average Bonchev–Trinajstić information content (AvgIpc) is 3.41. The van der Waals surface area contributed by atoms with Gasteiger partial charge in [0.2, 0.25) is 0 Å². The minimum absolute atomic E-state index is 0.0479. The van der Waals surface area contributed by atoms with Crippen LogP contribution in [0.15, 0.2) is 23.0 Å². The maximum absolute atomic E-state index is 12.9. The Morgan fingerprint density at radius 3 is 2.78 bits per heavy atom. The predicted molar refractivity (Wildman–Crippen MR) is 125 cm³/mol. The molecule has 1 aromatic carbocycles. The van der Waals surface area contributed by atoms with Gasteiger partial charge in [-0.3, -0.25) is 9.69 Å². The number of benzene rings is 1. The molecule has 0 radical (unpaired) electrons. The molecule has 1 saturated heterocycles. The third-order valence-corrected chi connectivity index (χ3v) is 6.61. The van der Waals surface area contributed by atoms with E-state index in [0.29, 0.717) is 13.1 Å².